The van der Waals surface area contributed by atoms with E-state index in [1.54, 1.807) is 0 Å². The number of pyridine rings is 1. The van der Waals surface area contributed by atoms with Gasteiger partial charge >= 0.3 is 0 Å². The third-order valence-electron chi connectivity index (χ3n) is 2.19. The fraction of sp³-hybridized carbons (Fsp3) is 0. The average molecular weight is 347 g/mol. The summed E-state index contributed by atoms with van der Waals surface area (Å²) >= 11 is 3.10. The molecule has 0 aliphatic carbocycles. The quantitative estimate of drug-likeness (QED) is 0.836. The Labute approximate surface area is 117 Å². The van der Waals surface area contributed by atoms with Crippen LogP contribution in [0.25, 0.3) is 0 Å². The minimum absolute atomic E-state index is 0.102. The highest BCUT2D eigenvalue weighted by atomic mass is 79.9. The van der Waals surface area contributed by atoms with Crippen LogP contribution >= 0.6 is 15.9 Å². The molecular weight excluding hydrogens is 339 g/mol. The van der Waals surface area contributed by atoms with Crippen LogP contribution in [0.15, 0.2) is 46.0 Å². The van der Waals surface area contributed by atoms with Gasteiger partial charge in [0, 0.05) is 22.9 Å². The number of phenols is 1. The summed E-state index contributed by atoms with van der Waals surface area (Å²) in [6, 6.07) is 4.47. The average Bonchev–Trinajstić information content (AvgIpc) is 2.33. The van der Waals surface area contributed by atoms with Crippen LogP contribution in [0.2, 0.25) is 0 Å². The third kappa shape index (κ3) is 3.21. The second-order valence-corrected chi connectivity index (χ2v) is 6.21. The lowest BCUT2D eigenvalue weighted by Gasteiger charge is -2.09. The maximum Gasteiger partial charge on any atom is 0.263 e. The Hall–Kier alpha value is -1.67. The standard InChI is InChI=1S/C11H8BrFN2O3S/c12-7-3-9(6-14-5-7)19(17,18)15-11-2-1-8(16)4-10(11)13/h1-6,15-16H. The van der Waals surface area contributed by atoms with E-state index in [1.807, 2.05) is 0 Å². The van der Waals surface area contributed by atoms with Gasteiger partial charge in [-0.1, -0.05) is 0 Å². The Bertz CT molecular complexity index is 722. The Balaban J connectivity index is 2.36. The Kier molecular flexibility index (Phi) is 3.72. The molecule has 2 rings (SSSR count). The molecule has 1 heterocycles. The lowest BCUT2D eigenvalue weighted by Crippen LogP contribution is -2.14. The molecule has 8 heteroatoms. The van der Waals surface area contributed by atoms with E-state index in [0.29, 0.717) is 4.47 Å². The van der Waals surface area contributed by atoms with Crippen LogP contribution < -0.4 is 4.72 Å². The fourth-order valence-electron chi connectivity index (χ4n) is 1.33. The molecule has 0 fully saturated rings. The van der Waals surface area contributed by atoms with Gasteiger partial charge in [0.25, 0.3) is 10.0 Å². The van der Waals surface area contributed by atoms with Gasteiger partial charge in [-0.15, -0.1) is 0 Å². The number of anilines is 1. The molecule has 1 aromatic carbocycles. The Morgan fingerprint density at radius 2 is 2.00 bits per heavy atom. The SMILES string of the molecule is O=S(=O)(Nc1ccc(O)cc1F)c1cncc(Br)c1. The lowest BCUT2D eigenvalue weighted by molar-refractivity contribution is 0.469. The number of hydrogen-bond donors (Lipinski definition) is 2. The van der Waals surface area contributed by atoms with Gasteiger partial charge in [0.05, 0.1) is 5.69 Å². The van der Waals surface area contributed by atoms with Gasteiger partial charge in [-0.25, -0.2) is 12.8 Å². The molecule has 0 unspecified atom stereocenters. The molecular formula is C11H8BrFN2O3S. The first-order valence-electron chi connectivity index (χ1n) is 5.00. The van der Waals surface area contributed by atoms with Crippen LogP contribution in [0.4, 0.5) is 10.1 Å². The number of halogens is 2. The summed E-state index contributed by atoms with van der Waals surface area (Å²) in [6.07, 6.45) is 2.57. The highest BCUT2D eigenvalue weighted by Gasteiger charge is 2.17. The summed E-state index contributed by atoms with van der Waals surface area (Å²) in [6.45, 7) is 0. The van der Waals surface area contributed by atoms with Gasteiger partial charge in [0.15, 0.2) is 5.82 Å². The summed E-state index contributed by atoms with van der Waals surface area (Å²) < 4.78 is 40.0. The van der Waals surface area contributed by atoms with E-state index >= 15 is 0 Å². The van der Waals surface area contributed by atoms with Gasteiger partial charge in [0.2, 0.25) is 0 Å². The van der Waals surface area contributed by atoms with Gasteiger partial charge in [-0.2, -0.15) is 0 Å². The van der Waals surface area contributed by atoms with Gasteiger partial charge in [0.1, 0.15) is 10.6 Å². The van der Waals surface area contributed by atoms with Crippen LogP contribution in [0, 0.1) is 5.82 Å². The van der Waals surface area contributed by atoms with Crippen molar-refractivity contribution in [2.24, 2.45) is 0 Å². The molecule has 2 aromatic rings. The summed E-state index contributed by atoms with van der Waals surface area (Å²) in [5.41, 5.74) is -0.252. The number of hydrogen-bond acceptors (Lipinski definition) is 4. The van der Waals surface area contributed by atoms with Gasteiger partial charge in [-0.05, 0) is 34.1 Å². The zero-order chi connectivity index (χ0) is 14.0. The number of nitrogens with zero attached hydrogens (tertiary/aromatic N) is 1. The van der Waals surface area contributed by atoms with Crippen molar-refractivity contribution >= 4 is 31.6 Å². The number of benzene rings is 1. The number of nitrogens with one attached hydrogen (secondary N) is 1. The Morgan fingerprint density at radius 1 is 1.26 bits per heavy atom. The molecule has 0 radical (unpaired) electrons. The topological polar surface area (TPSA) is 79.3 Å². The van der Waals surface area contributed by atoms with E-state index in [1.165, 1.54) is 18.3 Å². The van der Waals surface area contributed by atoms with Crippen molar-refractivity contribution in [2.45, 2.75) is 4.90 Å². The van der Waals surface area contributed by atoms with Crippen molar-refractivity contribution in [2.75, 3.05) is 4.72 Å². The summed E-state index contributed by atoms with van der Waals surface area (Å²) in [4.78, 5) is 3.63. The van der Waals surface area contributed by atoms with E-state index in [0.717, 1.165) is 18.3 Å². The number of aromatic hydroxyl groups is 1. The van der Waals surface area contributed by atoms with Crippen molar-refractivity contribution in [1.29, 1.82) is 0 Å². The van der Waals surface area contributed by atoms with E-state index in [9.17, 15) is 12.8 Å². The summed E-state index contributed by atoms with van der Waals surface area (Å²) in [5, 5.41) is 9.06. The first kappa shape index (κ1) is 13.8. The van der Waals surface area contributed by atoms with Crippen LogP contribution in [-0.2, 0) is 10.0 Å². The smallest absolute Gasteiger partial charge is 0.263 e. The van der Waals surface area contributed by atoms with E-state index in [2.05, 4.69) is 25.6 Å². The van der Waals surface area contributed by atoms with Crippen molar-refractivity contribution in [3.8, 4) is 5.75 Å². The zero-order valence-electron chi connectivity index (χ0n) is 9.34. The minimum Gasteiger partial charge on any atom is -0.508 e. The third-order valence-corrected chi connectivity index (χ3v) is 3.95. The van der Waals surface area contributed by atoms with Crippen LogP contribution in [-0.4, -0.2) is 18.5 Å². The first-order valence-corrected chi connectivity index (χ1v) is 7.28. The normalized spacial score (nSPS) is 11.3. The van der Waals surface area contributed by atoms with Gasteiger partial charge < -0.3 is 5.11 Å². The monoisotopic (exact) mass is 346 g/mol. The molecule has 0 saturated carbocycles. The summed E-state index contributed by atoms with van der Waals surface area (Å²) in [5.74, 6) is -1.16. The van der Waals surface area contributed by atoms with E-state index in [4.69, 9.17) is 5.11 Å². The predicted molar refractivity (Wildman–Crippen MR) is 70.8 cm³/mol. The van der Waals surface area contributed by atoms with E-state index < -0.39 is 15.8 Å². The molecule has 1 aromatic heterocycles. The maximum absolute atomic E-state index is 13.5. The molecule has 0 atom stereocenters. The number of phenolic OH excluding ortho intramolecular Hbond substituents is 1. The van der Waals surface area contributed by atoms with Crippen molar-refractivity contribution in [1.82, 2.24) is 4.98 Å². The number of rotatable bonds is 3. The highest BCUT2D eigenvalue weighted by molar-refractivity contribution is 9.10. The molecule has 0 aliphatic rings. The Morgan fingerprint density at radius 3 is 2.63 bits per heavy atom. The molecule has 0 amide bonds. The molecule has 0 aliphatic heterocycles. The predicted octanol–water partition coefficient (Wildman–Crippen LogP) is 2.49. The van der Waals surface area contributed by atoms with Crippen LogP contribution in [0.3, 0.4) is 0 Å². The second kappa shape index (κ2) is 5.14. The second-order valence-electron chi connectivity index (χ2n) is 3.61. The highest BCUT2D eigenvalue weighted by Crippen LogP contribution is 2.23. The molecule has 2 N–H and O–H groups in total. The maximum atomic E-state index is 13.5. The van der Waals surface area contributed by atoms with Crippen LogP contribution in [0.5, 0.6) is 5.75 Å². The summed E-state index contributed by atoms with van der Waals surface area (Å²) in [7, 11) is -3.94. The largest absolute Gasteiger partial charge is 0.508 e. The van der Waals surface area contributed by atoms with Gasteiger partial charge in [-0.3, -0.25) is 9.71 Å². The minimum atomic E-state index is -3.94. The molecule has 0 bridgehead atoms. The zero-order valence-corrected chi connectivity index (χ0v) is 11.7. The fourth-order valence-corrected chi connectivity index (χ4v) is 2.90. The first-order chi connectivity index (χ1) is 8.88. The number of aromatic nitrogens is 1. The molecule has 0 saturated heterocycles. The lowest BCUT2D eigenvalue weighted by atomic mass is 10.3. The van der Waals surface area contributed by atoms with E-state index in [-0.39, 0.29) is 16.3 Å². The van der Waals surface area contributed by atoms with Crippen molar-refractivity contribution in [3.05, 3.63) is 46.9 Å². The van der Waals surface area contributed by atoms with Crippen molar-refractivity contribution in [3.63, 3.8) is 0 Å². The molecule has 100 valence electrons. The molecule has 0 spiro atoms. The molecule has 19 heavy (non-hydrogen) atoms. The number of sulfonamides is 1. The van der Waals surface area contributed by atoms with Crippen molar-refractivity contribution < 1.29 is 17.9 Å². The molecule has 5 nitrogen and oxygen atoms in total. The van der Waals surface area contributed by atoms with Crippen LogP contribution in [0.1, 0.15) is 0 Å².